The molecular formula is C12H11N3O3S. The first-order valence-electron chi connectivity index (χ1n) is 5.90. The highest BCUT2D eigenvalue weighted by atomic mass is 32.1. The Kier molecular flexibility index (Phi) is 2.90. The third kappa shape index (κ3) is 2.06. The average Bonchev–Trinajstić information content (AvgIpc) is 2.98. The SMILES string of the molecule is Cc1c(C(=O)Nc2nncs2)oc2c1C(=O)CCC2. The quantitative estimate of drug-likeness (QED) is 0.909. The Bertz CT molecular complexity index is 645. The number of nitrogens with zero attached hydrogens (tertiary/aromatic N) is 2. The van der Waals surface area contributed by atoms with Crippen LogP contribution in [0.2, 0.25) is 0 Å². The molecule has 98 valence electrons. The molecule has 1 aliphatic carbocycles. The van der Waals surface area contributed by atoms with E-state index in [9.17, 15) is 9.59 Å². The number of carbonyl (C=O) groups excluding carboxylic acids is 2. The lowest BCUT2D eigenvalue weighted by molar-refractivity contribution is 0.0963. The van der Waals surface area contributed by atoms with Crippen molar-refractivity contribution in [2.24, 2.45) is 0 Å². The van der Waals surface area contributed by atoms with Gasteiger partial charge in [0, 0.05) is 18.4 Å². The summed E-state index contributed by atoms with van der Waals surface area (Å²) in [5, 5.41) is 10.4. The van der Waals surface area contributed by atoms with Gasteiger partial charge in [0.1, 0.15) is 11.3 Å². The molecule has 0 atom stereocenters. The zero-order valence-electron chi connectivity index (χ0n) is 10.2. The standard InChI is InChI=1S/C12H11N3O3S/c1-6-9-7(16)3-2-4-8(9)18-10(6)11(17)14-12-15-13-5-19-12/h5H,2-4H2,1H3,(H,14,15,17). The van der Waals surface area contributed by atoms with E-state index < -0.39 is 5.91 Å². The zero-order valence-corrected chi connectivity index (χ0v) is 11.0. The van der Waals surface area contributed by atoms with E-state index in [-0.39, 0.29) is 11.5 Å². The maximum atomic E-state index is 12.1. The average molecular weight is 277 g/mol. The zero-order chi connectivity index (χ0) is 13.4. The number of hydrogen-bond acceptors (Lipinski definition) is 6. The van der Waals surface area contributed by atoms with E-state index >= 15 is 0 Å². The van der Waals surface area contributed by atoms with Gasteiger partial charge in [-0.15, -0.1) is 10.2 Å². The fourth-order valence-electron chi connectivity index (χ4n) is 2.25. The van der Waals surface area contributed by atoms with Crippen LogP contribution in [0.4, 0.5) is 5.13 Å². The van der Waals surface area contributed by atoms with Crippen LogP contribution >= 0.6 is 11.3 Å². The second-order valence-electron chi connectivity index (χ2n) is 4.33. The summed E-state index contributed by atoms with van der Waals surface area (Å²) in [6.45, 7) is 1.74. The summed E-state index contributed by atoms with van der Waals surface area (Å²) < 4.78 is 5.54. The van der Waals surface area contributed by atoms with E-state index in [4.69, 9.17) is 4.42 Å². The second-order valence-corrected chi connectivity index (χ2v) is 5.16. The molecule has 0 spiro atoms. The van der Waals surface area contributed by atoms with Gasteiger partial charge in [-0.3, -0.25) is 14.9 Å². The summed E-state index contributed by atoms with van der Waals surface area (Å²) in [5.74, 6) is 0.473. The molecule has 7 heteroatoms. The van der Waals surface area contributed by atoms with Crippen LogP contribution in [0.15, 0.2) is 9.93 Å². The van der Waals surface area contributed by atoms with Gasteiger partial charge in [0.2, 0.25) is 5.13 Å². The van der Waals surface area contributed by atoms with Crippen molar-refractivity contribution in [2.45, 2.75) is 26.2 Å². The molecule has 1 N–H and O–H groups in total. The number of carbonyl (C=O) groups is 2. The number of furan rings is 1. The number of Topliss-reactive ketones (excluding diaryl/α,β-unsaturated/α-hetero) is 1. The van der Waals surface area contributed by atoms with Crippen LogP contribution in [-0.2, 0) is 6.42 Å². The number of fused-ring (bicyclic) bond motifs is 1. The van der Waals surface area contributed by atoms with E-state index in [0.29, 0.717) is 34.9 Å². The van der Waals surface area contributed by atoms with Crippen molar-refractivity contribution in [1.82, 2.24) is 10.2 Å². The predicted molar refractivity (Wildman–Crippen MR) is 68.6 cm³/mol. The molecule has 19 heavy (non-hydrogen) atoms. The van der Waals surface area contributed by atoms with Gasteiger partial charge >= 0.3 is 0 Å². The van der Waals surface area contributed by atoms with Crippen LogP contribution in [0.5, 0.6) is 0 Å². The molecule has 0 bridgehead atoms. The third-order valence-corrected chi connectivity index (χ3v) is 3.70. The van der Waals surface area contributed by atoms with E-state index in [1.165, 1.54) is 16.8 Å². The number of ketones is 1. The van der Waals surface area contributed by atoms with Crippen molar-refractivity contribution in [3.63, 3.8) is 0 Å². The minimum absolute atomic E-state index is 0.0532. The molecule has 0 radical (unpaired) electrons. The molecule has 1 aliphatic rings. The van der Waals surface area contributed by atoms with E-state index in [0.717, 1.165) is 6.42 Å². The Morgan fingerprint density at radius 1 is 1.47 bits per heavy atom. The van der Waals surface area contributed by atoms with Crippen molar-refractivity contribution >= 4 is 28.2 Å². The Hall–Kier alpha value is -2.02. The maximum Gasteiger partial charge on any atom is 0.293 e. The molecule has 6 nitrogen and oxygen atoms in total. The Morgan fingerprint density at radius 2 is 2.32 bits per heavy atom. The van der Waals surface area contributed by atoms with Crippen LogP contribution < -0.4 is 5.32 Å². The van der Waals surface area contributed by atoms with Crippen molar-refractivity contribution in [3.8, 4) is 0 Å². The first-order chi connectivity index (χ1) is 9.16. The highest BCUT2D eigenvalue weighted by molar-refractivity contribution is 7.13. The predicted octanol–water partition coefficient (Wildman–Crippen LogP) is 2.21. The molecular weight excluding hydrogens is 266 g/mol. The number of amides is 1. The van der Waals surface area contributed by atoms with Crippen molar-refractivity contribution in [2.75, 3.05) is 5.32 Å². The van der Waals surface area contributed by atoms with Crippen LogP contribution in [0, 0.1) is 6.92 Å². The minimum Gasteiger partial charge on any atom is -0.455 e. The van der Waals surface area contributed by atoms with E-state index in [1.54, 1.807) is 6.92 Å². The fraction of sp³-hybridized carbons (Fsp3) is 0.333. The van der Waals surface area contributed by atoms with Gasteiger partial charge in [-0.05, 0) is 13.3 Å². The van der Waals surface area contributed by atoms with Crippen LogP contribution in [0.3, 0.4) is 0 Å². The van der Waals surface area contributed by atoms with Crippen LogP contribution in [0.1, 0.15) is 45.1 Å². The molecule has 2 aromatic heterocycles. The highest BCUT2D eigenvalue weighted by Crippen LogP contribution is 2.29. The summed E-state index contributed by atoms with van der Waals surface area (Å²) in [4.78, 5) is 23.9. The van der Waals surface area contributed by atoms with Gasteiger partial charge in [-0.1, -0.05) is 11.3 Å². The molecule has 3 rings (SSSR count). The number of anilines is 1. The Morgan fingerprint density at radius 3 is 3.00 bits per heavy atom. The summed E-state index contributed by atoms with van der Waals surface area (Å²) >= 11 is 1.22. The Labute approximate surface area is 112 Å². The fourth-order valence-corrected chi connectivity index (χ4v) is 2.69. The van der Waals surface area contributed by atoms with Crippen LogP contribution in [0.25, 0.3) is 0 Å². The highest BCUT2D eigenvalue weighted by Gasteiger charge is 2.28. The number of aryl methyl sites for hydroxylation is 1. The molecule has 0 saturated carbocycles. The van der Waals surface area contributed by atoms with Crippen molar-refractivity contribution in [3.05, 3.63) is 28.2 Å². The summed E-state index contributed by atoms with van der Waals surface area (Å²) in [5.41, 5.74) is 2.72. The molecule has 0 aliphatic heterocycles. The largest absolute Gasteiger partial charge is 0.455 e. The first kappa shape index (κ1) is 12.0. The number of aromatic nitrogens is 2. The topological polar surface area (TPSA) is 85.1 Å². The first-order valence-corrected chi connectivity index (χ1v) is 6.77. The molecule has 0 unspecified atom stereocenters. The maximum absolute atomic E-state index is 12.1. The van der Waals surface area contributed by atoms with E-state index in [1.807, 2.05) is 0 Å². The molecule has 2 heterocycles. The number of hydrogen-bond donors (Lipinski definition) is 1. The number of rotatable bonds is 2. The van der Waals surface area contributed by atoms with Crippen molar-refractivity contribution in [1.29, 1.82) is 0 Å². The summed E-state index contributed by atoms with van der Waals surface area (Å²) in [6.07, 6.45) is 2.00. The molecule has 0 fully saturated rings. The lowest BCUT2D eigenvalue weighted by atomic mass is 9.94. The molecule has 0 aromatic carbocycles. The molecule has 2 aromatic rings. The monoisotopic (exact) mass is 277 g/mol. The Balaban J connectivity index is 1.93. The molecule has 1 amide bonds. The van der Waals surface area contributed by atoms with Gasteiger partial charge in [0.25, 0.3) is 5.91 Å². The smallest absolute Gasteiger partial charge is 0.293 e. The van der Waals surface area contributed by atoms with Gasteiger partial charge in [-0.2, -0.15) is 0 Å². The lowest BCUT2D eigenvalue weighted by Crippen LogP contribution is -2.13. The second kappa shape index (κ2) is 4.58. The third-order valence-electron chi connectivity index (χ3n) is 3.09. The molecule has 0 saturated heterocycles. The minimum atomic E-state index is -0.392. The van der Waals surface area contributed by atoms with Gasteiger partial charge < -0.3 is 4.42 Å². The van der Waals surface area contributed by atoms with Gasteiger partial charge in [0.15, 0.2) is 11.5 Å². The van der Waals surface area contributed by atoms with E-state index in [2.05, 4.69) is 15.5 Å². The van der Waals surface area contributed by atoms with Crippen LogP contribution in [-0.4, -0.2) is 21.9 Å². The van der Waals surface area contributed by atoms with Gasteiger partial charge in [-0.25, -0.2) is 0 Å². The lowest BCUT2D eigenvalue weighted by Gasteiger charge is -2.07. The normalized spacial score (nSPS) is 14.3. The van der Waals surface area contributed by atoms with Crippen molar-refractivity contribution < 1.29 is 14.0 Å². The summed E-state index contributed by atoms with van der Waals surface area (Å²) in [6, 6.07) is 0. The van der Waals surface area contributed by atoms with Gasteiger partial charge in [0.05, 0.1) is 5.56 Å². The number of nitrogens with one attached hydrogen (secondary N) is 1. The summed E-state index contributed by atoms with van der Waals surface area (Å²) in [7, 11) is 0.